The summed E-state index contributed by atoms with van der Waals surface area (Å²) in [6.45, 7) is 0. The highest BCUT2D eigenvalue weighted by Gasteiger charge is 2.03. The average Bonchev–Trinajstić information content (AvgIpc) is 2.27. The van der Waals surface area contributed by atoms with Gasteiger partial charge in [-0.05, 0) is 41.5 Å². The van der Waals surface area contributed by atoms with Crippen LogP contribution in [0.15, 0.2) is 42.5 Å². The molecule has 2 aromatic carbocycles. The van der Waals surface area contributed by atoms with E-state index < -0.39 is 0 Å². The van der Waals surface area contributed by atoms with Gasteiger partial charge in [-0.15, -0.1) is 0 Å². The fourth-order valence-corrected chi connectivity index (χ4v) is 1.72. The second-order valence-electron chi connectivity index (χ2n) is 3.62. The van der Waals surface area contributed by atoms with Gasteiger partial charge in [-0.1, -0.05) is 23.7 Å². The Bertz CT molecular complexity index is 492. The summed E-state index contributed by atoms with van der Waals surface area (Å²) >= 11 is 5.86. The summed E-state index contributed by atoms with van der Waals surface area (Å²) < 4.78 is 0. The maximum Gasteiger partial charge on any atom is 0.119 e. The van der Waals surface area contributed by atoms with Gasteiger partial charge in [-0.2, -0.15) is 0 Å². The standard InChI is InChI=1S/C13H11ClO2/c14-11-3-6-13(16)10(8-11)7-9-1-4-12(15)5-2-9/h1-6,8,15-16H,7H2. The van der Waals surface area contributed by atoms with E-state index in [-0.39, 0.29) is 11.5 Å². The summed E-state index contributed by atoms with van der Waals surface area (Å²) in [4.78, 5) is 0. The zero-order chi connectivity index (χ0) is 11.5. The first-order valence-electron chi connectivity index (χ1n) is 4.90. The van der Waals surface area contributed by atoms with Crippen molar-refractivity contribution < 1.29 is 10.2 Å². The molecule has 0 spiro atoms. The van der Waals surface area contributed by atoms with Crippen molar-refractivity contribution >= 4 is 11.6 Å². The molecule has 82 valence electrons. The summed E-state index contributed by atoms with van der Waals surface area (Å²) in [5.74, 6) is 0.469. The van der Waals surface area contributed by atoms with E-state index in [0.717, 1.165) is 11.1 Å². The first kappa shape index (κ1) is 10.8. The number of hydrogen-bond donors (Lipinski definition) is 2. The zero-order valence-electron chi connectivity index (χ0n) is 8.52. The first-order chi connectivity index (χ1) is 7.65. The second kappa shape index (κ2) is 4.45. The van der Waals surface area contributed by atoms with Gasteiger partial charge in [0.05, 0.1) is 0 Å². The van der Waals surface area contributed by atoms with Crippen LogP contribution in [-0.4, -0.2) is 10.2 Å². The fourth-order valence-electron chi connectivity index (χ4n) is 1.53. The Morgan fingerprint density at radius 1 is 0.938 bits per heavy atom. The van der Waals surface area contributed by atoms with Crippen molar-refractivity contribution in [1.29, 1.82) is 0 Å². The van der Waals surface area contributed by atoms with Crippen LogP contribution >= 0.6 is 11.6 Å². The Kier molecular flexibility index (Phi) is 3.02. The monoisotopic (exact) mass is 234 g/mol. The lowest BCUT2D eigenvalue weighted by atomic mass is 10.0. The first-order valence-corrected chi connectivity index (χ1v) is 5.28. The molecule has 0 aliphatic rings. The number of halogens is 1. The molecule has 2 rings (SSSR count). The highest BCUT2D eigenvalue weighted by atomic mass is 35.5. The van der Waals surface area contributed by atoms with Crippen molar-refractivity contribution in [2.75, 3.05) is 0 Å². The Hall–Kier alpha value is -1.67. The molecule has 0 atom stereocenters. The van der Waals surface area contributed by atoms with Crippen LogP contribution in [0.4, 0.5) is 0 Å². The lowest BCUT2D eigenvalue weighted by Crippen LogP contribution is -1.88. The Balaban J connectivity index is 2.26. The van der Waals surface area contributed by atoms with E-state index in [1.54, 1.807) is 30.3 Å². The molecule has 0 bridgehead atoms. The van der Waals surface area contributed by atoms with Crippen LogP contribution in [-0.2, 0) is 6.42 Å². The third-order valence-corrected chi connectivity index (χ3v) is 2.61. The predicted octanol–water partition coefficient (Wildman–Crippen LogP) is 3.34. The minimum Gasteiger partial charge on any atom is -0.508 e. The van der Waals surface area contributed by atoms with Gasteiger partial charge in [0.2, 0.25) is 0 Å². The van der Waals surface area contributed by atoms with Gasteiger partial charge in [0.1, 0.15) is 11.5 Å². The van der Waals surface area contributed by atoms with Gasteiger partial charge in [0.15, 0.2) is 0 Å². The van der Waals surface area contributed by atoms with E-state index in [1.807, 2.05) is 12.1 Å². The summed E-state index contributed by atoms with van der Waals surface area (Å²) in [6.07, 6.45) is 0.590. The van der Waals surface area contributed by atoms with Gasteiger partial charge in [-0.3, -0.25) is 0 Å². The smallest absolute Gasteiger partial charge is 0.119 e. The quantitative estimate of drug-likeness (QED) is 0.837. The molecule has 2 aromatic rings. The molecular formula is C13H11ClO2. The highest BCUT2D eigenvalue weighted by molar-refractivity contribution is 6.30. The molecule has 16 heavy (non-hydrogen) atoms. The topological polar surface area (TPSA) is 40.5 Å². The Morgan fingerprint density at radius 2 is 1.62 bits per heavy atom. The third-order valence-electron chi connectivity index (χ3n) is 2.37. The molecule has 2 N–H and O–H groups in total. The van der Waals surface area contributed by atoms with Gasteiger partial charge in [0, 0.05) is 11.4 Å². The van der Waals surface area contributed by atoms with Crippen LogP contribution in [0.3, 0.4) is 0 Å². The number of rotatable bonds is 2. The largest absolute Gasteiger partial charge is 0.508 e. The summed E-state index contributed by atoms with van der Waals surface area (Å²) in [5.41, 5.74) is 1.79. The van der Waals surface area contributed by atoms with Crippen LogP contribution in [0.25, 0.3) is 0 Å². The zero-order valence-corrected chi connectivity index (χ0v) is 9.28. The summed E-state index contributed by atoms with van der Waals surface area (Å²) in [7, 11) is 0. The average molecular weight is 235 g/mol. The van der Waals surface area contributed by atoms with Crippen LogP contribution in [0.2, 0.25) is 5.02 Å². The molecular weight excluding hydrogens is 224 g/mol. The van der Waals surface area contributed by atoms with Crippen molar-refractivity contribution in [2.24, 2.45) is 0 Å². The molecule has 0 aromatic heterocycles. The third kappa shape index (κ3) is 2.47. The van der Waals surface area contributed by atoms with E-state index in [4.69, 9.17) is 16.7 Å². The van der Waals surface area contributed by atoms with Crippen molar-refractivity contribution in [3.05, 3.63) is 58.6 Å². The molecule has 0 radical (unpaired) electrons. The number of benzene rings is 2. The summed E-state index contributed by atoms with van der Waals surface area (Å²) in [5, 5.41) is 19.4. The van der Waals surface area contributed by atoms with Gasteiger partial charge >= 0.3 is 0 Å². The lowest BCUT2D eigenvalue weighted by molar-refractivity contribution is 0.469. The van der Waals surface area contributed by atoms with Crippen molar-refractivity contribution in [2.45, 2.75) is 6.42 Å². The number of phenolic OH excluding ortho intramolecular Hbond substituents is 2. The number of phenols is 2. The molecule has 0 aliphatic heterocycles. The fraction of sp³-hybridized carbons (Fsp3) is 0.0769. The molecule has 0 heterocycles. The molecule has 0 saturated heterocycles. The molecule has 0 aliphatic carbocycles. The van der Waals surface area contributed by atoms with Crippen molar-refractivity contribution in [3.8, 4) is 11.5 Å². The van der Waals surface area contributed by atoms with Gasteiger partial charge in [0.25, 0.3) is 0 Å². The summed E-state index contributed by atoms with van der Waals surface area (Å²) in [6, 6.07) is 11.8. The molecule has 0 fully saturated rings. The Labute approximate surface area is 98.7 Å². The highest BCUT2D eigenvalue weighted by Crippen LogP contribution is 2.24. The van der Waals surface area contributed by atoms with E-state index in [0.29, 0.717) is 11.4 Å². The SMILES string of the molecule is Oc1ccc(Cc2cc(Cl)ccc2O)cc1. The minimum absolute atomic E-state index is 0.234. The molecule has 3 heteroatoms. The molecule has 0 unspecified atom stereocenters. The maximum absolute atomic E-state index is 9.64. The number of aromatic hydroxyl groups is 2. The molecule has 0 amide bonds. The van der Waals surface area contributed by atoms with Gasteiger partial charge in [-0.25, -0.2) is 0 Å². The van der Waals surface area contributed by atoms with E-state index >= 15 is 0 Å². The van der Waals surface area contributed by atoms with E-state index in [2.05, 4.69) is 0 Å². The van der Waals surface area contributed by atoms with Crippen LogP contribution in [0.1, 0.15) is 11.1 Å². The lowest BCUT2D eigenvalue weighted by Gasteiger charge is -2.05. The van der Waals surface area contributed by atoms with Crippen molar-refractivity contribution in [3.63, 3.8) is 0 Å². The normalized spacial score (nSPS) is 10.3. The predicted molar refractivity (Wildman–Crippen MR) is 64.0 cm³/mol. The van der Waals surface area contributed by atoms with E-state index in [1.165, 1.54) is 0 Å². The van der Waals surface area contributed by atoms with Crippen LogP contribution in [0.5, 0.6) is 11.5 Å². The van der Waals surface area contributed by atoms with E-state index in [9.17, 15) is 5.11 Å². The van der Waals surface area contributed by atoms with Gasteiger partial charge < -0.3 is 10.2 Å². The Morgan fingerprint density at radius 3 is 2.31 bits per heavy atom. The second-order valence-corrected chi connectivity index (χ2v) is 4.05. The van der Waals surface area contributed by atoms with Crippen LogP contribution in [0, 0.1) is 0 Å². The van der Waals surface area contributed by atoms with Crippen molar-refractivity contribution in [1.82, 2.24) is 0 Å². The molecule has 2 nitrogen and oxygen atoms in total. The van der Waals surface area contributed by atoms with Crippen LogP contribution < -0.4 is 0 Å². The number of hydrogen-bond acceptors (Lipinski definition) is 2. The molecule has 0 saturated carbocycles. The minimum atomic E-state index is 0.234. The maximum atomic E-state index is 9.64.